The van der Waals surface area contributed by atoms with E-state index in [4.69, 9.17) is 16.3 Å². The number of aryl methyl sites for hydroxylation is 1. The van der Waals surface area contributed by atoms with Crippen LogP contribution < -0.4 is 0 Å². The van der Waals surface area contributed by atoms with E-state index in [1.54, 1.807) is 0 Å². The van der Waals surface area contributed by atoms with E-state index < -0.39 is 0 Å². The molecule has 0 amide bonds. The number of nitrogens with zero attached hydrogens (tertiary/aromatic N) is 2. The van der Waals surface area contributed by atoms with E-state index in [2.05, 4.69) is 33.9 Å². The normalized spacial score (nSPS) is 15.4. The third kappa shape index (κ3) is 3.50. The van der Waals surface area contributed by atoms with Crippen molar-refractivity contribution in [1.82, 2.24) is 9.55 Å². The minimum atomic E-state index is -0.304. The predicted octanol–water partition coefficient (Wildman–Crippen LogP) is 6.41. The van der Waals surface area contributed by atoms with Crippen LogP contribution in [0.1, 0.15) is 60.4 Å². The number of benzene rings is 1. The zero-order chi connectivity index (χ0) is 19.0. The Bertz CT molecular complexity index is 986. The van der Waals surface area contributed by atoms with Gasteiger partial charge in [-0.2, -0.15) is 0 Å². The largest absolute Gasteiger partial charge is 0.462 e. The molecule has 2 aromatic heterocycles. The Kier molecular flexibility index (Phi) is 5.24. The summed E-state index contributed by atoms with van der Waals surface area (Å²) < 4.78 is 7.47. The van der Waals surface area contributed by atoms with Crippen LogP contribution >= 0.6 is 22.9 Å². The van der Waals surface area contributed by atoms with Gasteiger partial charge in [-0.15, -0.1) is 11.3 Å². The van der Waals surface area contributed by atoms with Gasteiger partial charge in [0.1, 0.15) is 9.88 Å². The summed E-state index contributed by atoms with van der Waals surface area (Å²) >= 11 is 7.95. The Balaban J connectivity index is 1.71. The van der Waals surface area contributed by atoms with Crippen LogP contribution in [0.5, 0.6) is 0 Å². The van der Waals surface area contributed by atoms with Crippen LogP contribution in [0.15, 0.2) is 24.4 Å². The Morgan fingerprint density at radius 2 is 2.11 bits per heavy atom. The number of carbonyl (C=O) groups excluding carboxylic acids is 1. The van der Waals surface area contributed by atoms with E-state index in [-0.39, 0.29) is 5.97 Å². The van der Waals surface area contributed by atoms with Crippen molar-refractivity contribution in [2.45, 2.75) is 52.0 Å². The third-order valence-electron chi connectivity index (χ3n) is 5.26. The zero-order valence-corrected chi connectivity index (χ0v) is 17.2. The molecule has 2 heterocycles. The molecule has 0 radical (unpaired) electrons. The van der Waals surface area contributed by atoms with Crippen LogP contribution in [-0.2, 0) is 4.74 Å². The van der Waals surface area contributed by atoms with E-state index in [0.29, 0.717) is 23.2 Å². The standard InChI is InChI=1S/C21H23ClN2O2S/c1-3-26-21(25)19-13(2)23-20(27-19)14-9-10-18-16(11-14)17(22)12-24(18)15-7-5-4-6-8-15/h9-12,15H,3-8H2,1-2H3. The van der Waals surface area contributed by atoms with Crippen molar-refractivity contribution in [1.29, 1.82) is 0 Å². The highest BCUT2D eigenvalue weighted by Crippen LogP contribution is 2.37. The average molecular weight is 403 g/mol. The van der Waals surface area contributed by atoms with Crippen molar-refractivity contribution < 1.29 is 9.53 Å². The van der Waals surface area contributed by atoms with E-state index in [0.717, 1.165) is 21.0 Å². The molecule has 0 unspecified atom stereocenters. The average Bonchev–Trinajstić information content (AvgIpc) is 3.23. The highest BCUT2D eigenvalue weighted by Gasteiger charge is 2.20. The molecule has 4 rings (SSSR count). The lowest BCUT2D eigenvalue weighted by Gasteiger charge is -2.24. The maximum Gasteiger partial charge on any atom is 0.350 e. The molecule has 142 valence electrons. The summed E-state index contributed by atoms with van der Waals surface area (Å²) in [7, 11) is 0. The number of thiazole rings is 1. The van der Waals surface area contributed by atoms with Gasteiger partial charge >= 0.3 is 5.97 Å². The lowest BCUT2D eigenvalue weighted by molar-refractivity contribution is 0.0531. The van der Waals surface area contributed by atoms with Crippen molar-refractivity contribution in [3.05, 3.63) is 40.0 Å². The predicted molar refractivity (Wildman–Crippen MR) is 111 cm³/mol. The maximum atomic E-state index is 12.1. The molecule has 1 aliphatic carbocycles. The summed E-state index contributed by atoms with van der Waals surface area (Å²) in [5.41, 5.74) is 2.86. The van der Waals surface area contributed by atoms with Crippen molar-refractivity contribution in [3.63, 3.8) is 0 Å². The Hall–Kier alpha value is -1.85. The number of rotatable bonds is 4. The summed E-state index contributed by atoms with van der Waals surface area (Å²) in [6, 6.07) is 6.83. The second kappa shape index (κ2) is 7.64. The minimum Gasteiger partial charge on any atom is -0.462 e. The van der Waals surface area contributed by atoms with Crippen LogP contribution in [0.2, 0.25) is 5.02 Å². The first-order valence-corrected chi connectivity index (χ1v) is 10.7. The molecule has 0 N–H and O–H groups in total. The molecule has 0 bridgehead atoms. The van der Waals surface area contributed by atoms with Gasteiger partial charge in [-0.05, 0) is 44.9 Å². The van der Waals surface area contributed by atoms with Crippen molar-refractivity contribution in [2.75, 3.05) is 6.61 Å². The monoisotopic (exact) mass is 402 g/mol. The zero-order valence-electron chi connectivity index (χ0n) is 15.6. The number of halogens is 1. The Morgan fingerprint density at radius 1 is 1.33 bits per heavy atom. The molecular weight excluding hydrogens is 380 g/mol. The van der Waals surface area contributed by atoms with Gasteiger partial charge in [0.15, 0.2) is 0 Å². The van der Waals surface area contributed by atoms with Crippen molar-refractivity contribution in [3.8, 4) is 10.6 Å². The lowest BCUT2D eigenvalue weighted by atomic mass is 9.95. The fourth-order valence-electron chi connectivity index (χ4n) is 3.91. The highest BCUT2D eigenvalue weighted by atomic mass is 35.5. The second-order valence-corrected chi connectivity index (χ2v) is 8.47. The SMILES string of the molecule is CCOC(=O)c1sc(-c2ccc3c(c2)c(Cl)cn3C2CCCCC2)nc1C. The van der Waals surface area contributed by atoms with Crippen LogP contribution in [0, 0.1) is 6.92 Å². The van der Waals surface area contributed by atoms with Gasteiger partial charge in [0.2, 0.25) is 0 Å². The van der Waals surface area contributed by atoms with Crippen molar-refractivity contribution >= 4 is 39.8 Å². The molecule has 6 heteroatoms. The first-order chi connectivity index (χ1) is 13.1. The highest BCUT2D eigenvalue weighted by molar-refractivity contribution is 7.17. The van der Waals surface area contributed by atoms with E-state index >= 15 is 0 Å². The Morgan fingerprint density at radius 3 is 2.85 bits per heavy atom. The number of aromatic nitrogens is 2. The second-order valence-electron chi connectivity index (χ2n) is 7.06. The topological polar surface area (TPSA) is 44.1 Å². The fourth-order valence-corrected chi connectivity index (χ4v) is 5.13. The first kappa shape index (κ1) is 18.5. The molecule has 4 nitrogen and oxygen atoms in total. The molecule has 1 fully saturated rings. The molecular formula is C21H23ClN2O2S. The number of fused-ring (bicyclic) bond motifs is 1. The molecule has 0 aliphatic heterocycles. The quantitative estimate of drug-likeness (QED) is 0.473. The Labute approximate surface area is 168 Å². The smallest absolute Gasteiger partial charge is 0.350 e. The van der Waals surface area contributed by atoms with Gasteiger partial charge < -0.3 is 9.30 Å². The molecule has 0 spiro atoms. The molecule has 0 saturated heterocycles. The van der Waals surface area contributed by atoms with Crippen LogP contribution in [-0.4, -0.2) is 22.1 Å². The summed E-state index contributed by atoms with van der Waals surface area (Å²) in [5.74, 6) is -0.304. The number of hydrogen-bond acceptors (Lipinski definition) is 4. The van der Waals surface area contributed by atoms with Gasteiger partial charge in [-0.1, -0.05) is 30.9 Å². The van der Waals surface area contributed by atoms with Crippen LogP contribution in [0.4, 0.5) is 0 Å². The molecule has 1 aromatic carbocycles. The van der Waals surface area contributed by atoms with E-state index in [1.807, 2.05) is 13.8 Å². The van der Waals surface area contributed by atoms with E-state index in [9.17, 15) is 4.79 Å². The van der Waals surface area contributed by atoms with Gasteiger partial charge in [0.25, 0.3) is 0 Å². The van der Waals surface area contributed by atoms with Gasteiger partial charge in [0.05, 0.1) is 17.3 Å². The van der Waals surface area contributed by atoms with Gasteiger partial charge in [-0.25, -0.2) is 9.78 Å². The van der Waals surface area contributed by atoms with Crippen LogP contribution in [0.3, 0.4) is 0 Å². The first-order valence-electron chi connectivity index (χ1n) is 9.53. The van der Waals surface area contributed by atoms with Gasteiger partial charge in [0, 0.05) is 28.7 Å². The van der Waals surface area contributed by atoms with Crippen LogP contribution in [0.25, 0.3) is 21.5 Å². The number of esters is 1. The number of carbonyl (C=O) groups is 1. The van der Waals surface area contributed by atoms with E-state index in [1.165, 1.54) is 49.0 Å². The molecule has 0 atom stereocenters. The lowest BCUT2D eigenvalue weighted by Crippen LogP contribution is -2.11. The summed E-state index contributed by atoms with van der Waals surface area (Å²) in [6.07, 6.45) is 8.42. The maximum absolute atomic E-state index is 12.1. The fraction of sp³-hybridized carbons (Fsp3) is 0.429. The third-order valence-corrected chi connectivity index (χ3v) is 6.74. The summed E-state index contributed by atoms with van der Waals surface area (Å²) in [6.45, 7) is 4.02. The number of ether oxygens (including phenoxy) is 1. The number of hydrogen-bond donors (Lipinski definition) is 0. The molecule has 1 aliphatic rings. The minimum absolute atomic E-state index is 0.304. The summed E-state index contributed by atoms with van der Waals surface area (Å²) in [5, 5.41) is 2.64. The molecule has 27 heavy (non-hydrogen) atoms. The van der Waals surface area contributed by atoms with Crippen molar-refractivity contribution in [2.24, 2.45) is 0 Å². The summed E-state index contributed by atoms with van der Waals surface area (Å²) in [4.78, 5) is 17.2. The molecule has 1 saturated carbocycles. The van der Waals surface area contributed by atoms with Gasteiger partial charge in [-0.3, -0.25) is 0 Å². The molecule has 3 aromatic rings.